The molecule has 1 aromatic carbocycles. The summed E-state index contributed by atoms with van der Waals surface area (Å²) < 4.78 is 10.7. The minimum absolute atomic E-state index is 0.0288. The summed E-state index contributed by atoms with van der Waals surface area (Å²) in [7, 11) is 0. The van der Waals surface area contributed by atoms with Gasteiger partial charge < -0.3 is 20.1 Å². The second kappa shape index (κ2) is 5.71. The molecule has 5 nitrogen and oxygen atoms in total. The SMILES string of the molecule is CC(NC(=O)C1CCCNC1)c1ccc2c(c1)OCO2. The Morgan fingerprint density at radius 2 is 2.25 bits per heavy atom. The van der Waals surface area contributed by atoms with E-state index in [-0.39, 0.29) is 24.7 Å². The van der Waals surface area contributed by atoms with Crippen molar-refractivity contribution in [2.75, 3.05) is 19.9 Å². The third-order valence-corrected chi connectivity index (χ3v) is 3.92. The first-order chi connectivity index (χ1) is 9.74. The second-order valence-electron chi connectivity index (χ2n) is 5.39. The Kier molecular flexibility index (Phi) is 3.78. The third-order valence-electron chi connectivity index (χ3n) is 3.92. The van der Waals surface area contributed by atoms with Gasteiger partial charge in [-0.15, -0.1) is 0 Å². The summed E-state index contributed by atoms with van der Waals surface area (Å²) in [6.07, 6.45) is 2.03. The lowest BCUT2D eigenvalue weighted by atomic mass is 9.98. The standard InChI is InChI=1S/C15H20N2O3/c1-10(17-15(18)12-3-2-6-16-8-12)11-4-5-13-14(7-11)20-9-19-13/h4-5,7,10,12,16H,2-3,6,8-9H2,1H3,(H,17,18). The molecule has 1 amide bonds. The lowest BCUT2D eigenvalue weighted by Crippen LogP contribution is -2.41. The quantitative estimate of drug-likeness (QED) is 0.880. The minimum Gasteiger partial charge on any atom is -0.454 e. The van der Waals surface area contributed by atoms with Crippen LogP contribution in [0, 0.1) is 5.92 Å². The number of amides is 1. The maximum Gasteiger partial charge on any atom is 0.231 e. The highest BCUT2D eigenvalue weighted by atomic mass is 16.7. The van der Waals surface area contributed by atoms with Crippen molar-refractivity contribution in [1.82, 2.24) is 10.6 Å². The maximum atomic E-state index is 12.2. The van der Waals surface area contributed by atoms with Crippen molar-refractivity contribution < 1.29 is 14.3 Å². The fourth-order valence-corrected chi connectivity index (χ4v) is 2.67. The highest BCUT2D eigenvalue weighted by Crippen LogP contribution is 2.34. The predicted molar refractivity (Wildman–Crippen MR) is 74.7 cm³/mol. The fraction of sp³-hybridized carbons (Fsp3) is 0.533. The molecule has 0 spiro atoms. The predicted octanol–water partition coefficient (Wildman–Crippen LogP) is 1.59. The van der Waals surface area contributed by atoms with Gasteiger partial charge in [0.2, 0.25) is 12.7 Å². The molecule has 1 saturated heterocycles. The van der Waals surface area contributed by atoms with Crippen LogP contribution in [0.25, 0.3) is 0 Å². The topological polar surface area (TPSA) is 59.6 Å². The van der Waals surface area contributed by atoms with E-state index in [9.17, 15) is 4.79 Å². The summed E-state index contributed by atoms with van der Waals surface area (Å²) in [5, 5.41) is 6.35. The first-order valence-electron chi connectivity index (χ1n) is 7.14. The highest BCUT2D eigenvalue weighted by molar-refractivity contribution is 5.79. The van der Waals surface area contributed by atoms with E-state index < -0.39 is 0 Å². The number of hydrogen-bond acceptors (Lipinski definition) is 4. The van der Waals surface area contributed by atoms with Crippen LogP contribution in [-0.4, -0.2) is 25.8 Å². The van der Waals surface area contributed by atoms with E-state index in [1.54, 1.807) is 0 Å². The number of benzene rings is 1. The molecule has 5 heteroatoms. The molecular weight excluding hydrogens is 256 g/mol. The van der Waals surface area contributed by atoms with Gasteiger partial charge in [0, 0.05) is 6.54 Å². The molecular formula is C15H20N2O3. The number of carbonyl (C=O) groups is 1. The van der Waals surface area contributed by atoms with Gasteiger partial charge in [-0.3, -0.25) is 4.79 Å². The number of carbonyl (C=O) groups excluding carboxylic acids is 1. The van der Waals surface area contributed by atoms with Crippen LogP contribution in [0.1, 0.15) is 31.4 Å². The van der Waals surface area contributed by atoms with E-state index in [1.165, 1.54) is 0 Å². The lowest BCUT2D eigenvalue weighted by Gasteiger charge is -2.24. The van der Waals surface area contributed by atoms with Crippen LogP contribution < -0.4 is 20.1 Å². The van der Waals surface area contributed by atoms with E-state index in [1.807, 2.05) is 25.1 Å². The Balaban J connectivity index is 1.63. The Morgan fingerprint density at radius 3 is 3.05 bits per heavy atom. The van der Waals surface area contributed by atoms with E-state index in [0.29, 0.717) is 0 Å². The smallest absolute Gasteiger partial charge is 0.231 e. The number of fused-ring (bicyclic) bond motifs is 1. The minimum atomic E-state index is -0.0288. The summed E-state index contributed by atoms with van der Waals surface area (Å²) >= 11 is 0. The van der Waals surface area contributed by atoms with Gasteiger partial charge in [0.1, 0.15) is 0 Å². The van der Waals surface area contributed by atoms with Crippen molar-refractivity contribution in [2.45, 2.75) is 25.8 Å². The third kappa shape index (κ3) is 2.72. The van der Waals surface area contributed by atoms with Crippen LogP contribution in [0.5, 0.6) is 11.5 Å². The fourth-order valence-electron chi connectivity index (χ4n) is 2.67. The van der Waals surface area contributed by atoms with E-state index >= 15 is 0 Å². The number of rotatable bonds is 3. The average molecular weight is 276 g/mol. The molecule has 2 aliphatic rings. The second-order valence-corrected chi connectivity index (χ2v) is 5.39. The van der Waals surface area contributed by atoms with Gasteiger partial charge in [0.25, 0.3) is 0 Å². The Labute approximate surface area is 118 Å². The Bertz CT molecular complexity index is 498. The molecule has 2 N–H and O–H groups in total. The van der Waals surface area contributed by atoms with Gasteiger partial charge >= 0.3 is 0 Å². The van der Waals surface area contributed by atoms with Crippen molar-refractivity contribution in [3.05, 3.63) is 23.8 Å². The van der Waals surface area contributed by atoms with Crippen LogP contribution in [0.3, 0.4) is 0 Å². The van der Waals surface area contributed by atoms with Gasteiger partial charge in [-0.2, -0.15) is 0 Å². The number of nitrogens with one attached hydrogen (secondary N) is 2. The average Bonchev–Trinajstić information content (AvgIpc) is 2.95. The zero-order chi connectivity index (χ0) is 13.9. The molecule has 3 rings (SSSR count). The maximum absolute atomic E-state index is 12.2. The molecule has 1 aromatic rings. The molecule has 20 heavy (non-hydrogen) atoms. The summed E-state index contributed by atoms with van der Waals surface area (Å²) in [6, 6.07) is 5.77. The van der Waals surface area contributed by atoms with Gasteiger partial charge in [0.05, 0.1) is 12.0 Å². The molecule has 108 valence electrons. The van der Waals surface area contributed by atoms with Crippen molar-refractivity contribution in [1.29, 1.82) is 0 Å². The van der Waals surface area contributed by atoms with E-state index in [4.69, 9.17) is 9.47 Å². The molecule has 0 bridgehead atoms. The number of hydrogen-bond donors (Lipinski definition) is 2. The Morgan fingerprint density at radius 1 is 1.40 bits per heavy atom. The zero-order valence-electron chi connectivity index (χ0n) is 11.6. The molecule has 0 saturated carbocycles. The molecule has 2 heterocycles. The van der Waals surface area contributed by atoms with E-state index in [2.05, 4.69) is 10.6 Å². The largest absolute Gasteiger partial charge is 0.454 e. The summed E-state index contributed by atoms with van der Waals surface area (Å²) in [4.78, 5) is 12.2. The summed E-state index contributed by atoms with van der Waals surface area (Å²) in [5.41, 5.74) is 1.03. The van der Waals surface area contributed by atoms with Gasteiger partial charge in [-0.05, 0) is 44.0 Å². The molecule has 2 unspecified atom stereocenters. The number of ether oxygens (including phenoxy) is 2. The first-order valence-corrected chi connectivity index (χ1v) is 7.14. The molecule has 0 radical (unpaired) electrons. The first kappa shape index (κ1) is 13.2. The zero-order valence-corrected chi connectivity index (χ0v) is 11.6. The lowest BCUT2D eigenvalue weighted by molar-refractivity contribution is -0.126. The van der Waals surface area contributed by atoms with Crippen molar-refractivity contribution >= 4 is 5.91 Å². The molecule has 0 aromatic heterocycles. The van der Waals surface area contributed by atoms with Gasteiger partial charge in [0.15, 0.2) is 11.5 Å². The van der Waals surface area contributed by atoms with Crippen LogP contribution in [0.2, 0.25) is 0 Å². The number of piperidine rings is 1. The summed E-state index contributed by atoms with van der Waals surface area (Å²) in [5.74, 6) is 1.73. The Hall–Kier alpha value is -1.75. The molecule has 2 atom stereocenters. The monoisotopic (exact) mass is 276 g/mol. The van der Waals surface area contributed by atoms with Crippen LogP contribution in [0.15, 0.2) is 18.2 Å². The van der Waals surface area contributed by atoms with Crippen LogP contribution in [0.4, 0.5) is 0 Å². The normalized spacial score (nSPS) is 22.4. The molecule has 2 aliphatic heterocycles. The van der Waals surface area contributed by atoms with Gasteiger partial charge in [-0.1, -0.05) is 6.07 Å². The van der Waals surface area contributed by atoms with Crippen LogP contribution in [-0.2, 0) is 4.79 Å². The van der Waals surface area contributed by atoms with E-state index in [0.717, 1.165) is 43.0 Å². The highest BCUT2D eigenvalue weighted by Gasteiger charge is 2.23. The van der Waals surface area contributed by atoms with Gasteiger partial charge in [-0.25, -0.2) is 0 Å². The molecule has 1 fully saturated rings. The van der Waals surface area contributed by atoms with Crippen molar-refractivity contribution in [3.63, 3.8) is 0 Å². The van der Waals surface area contributed by atoms with Crippen molar-refractivity contribution in [2.24, 2.45) is 5.92 Å². The summed E-state index contributed by atoms with van der Waals surface area (Å²) in [6.45, 7) is 4.06. The van der Waals surface area contributed by atoms with Crippen molar-refractivity contribution in [3.8, 4) is 11.5 Å². The molecule has 0 aliphatic carbocycles. The van der Waals surface area contributed by atoms with Crippen LogP contribution >= 0.6 is 0 Å².